The molecule has 17 heavy (non-hydrogen) atoms. The molecule has 1 amide bonds. The van der Waals surface area contributed by atoms with Crippen LogP contribution in [0.3, 0.4) is 0 Å². The largest absolute Gasteiger partial charge is 0.344 e. The summed E-state index contributed by atoms with van der Waals surface area (Å²) in [6.45, 7) is 4.50. The van der Waals surface area contributed by atoms with E-state index in [0.717, 1.165) is 5.56 Å². The van der Waals surface area contributed by atoms with E-state index in [0.29, 0.717) is 12.5 Å². The molecule has 3 nitrogen and oxygen atoms in total. The highest BCUT2D eigenvalue weighted by Crippen LogP contribution is 1.96. The summed E-state index contributed by atoms with van der Waals surface area (Å²) in [5.74, 6) is 5.39. The molecule has 0 aliphatic heterocycles. The molecule has 1 aromatic carbocycles. The second-order valence-electron chi connectivity index (χ2n) is 4.23. The summed E-state index contributed by atoms with van der Waals surface area (Å²) in [5.41, 5.74) is 6.64. The Bertz CT molecular complexity index is 415. The van der Waals surface area contributed by atoms with Gasteiger partial charge >= 0.3 is 0 Å². The predicted molar refractivity (Wildman–Crippen MR) is 69.1 cm³/mol. The van der Waals surface area contributed by atoms with Gasteiger partial charge < -0.3 is 11.1 Å². The number of hydrogen-bond donors (Lipinski definition) is 2. The molecule has 0 bridgehead atoms. The van der Waals surface area contributed by atoms with Gasteiger partial charge in [-0.1, -0.05) is 38.0 Å². The van der Waals surface area contributed by atoms with Crippen LogP contribution in [0.2, 0.25) is 0 Å². The van der Waals surface area contributed by atoms with Gasteiger partial charge in [-0.25, -0.2) is 0 Å². The Balaban J connectivity index is 2.43. The molecule has 0 spiro atoms. The number of rotatable bonds is 3. The van der Waals surface area contributed by atoms with Crippen LogP contribution in [-0.4, -0.2) is 18.5 Å². The maximum absolute atomic E-state index is 11.4. The van der Waals surface area contributed by atoms with E-state index in [4.69, 9.17) is 5.73 Å². The first-order valence-electron chi connectivity index (χ1n) is 5.70. The average Bonchev–Trinajstić information content (AvgIpc) is 2.34. The van der Waals surface area contributed by atoms with Crippen molar-refractivity contribution in [2.75, 3.05) is 6.54 Å². The Labute approximate surface area is 102 Å². The van der Waals surface area contributed by atoms with Gasteiger partial charge in [0.05, 0.1) is 0 Å². The van der Waals surface area contributed by atoms with Crippen molar-refractivity contribution in [3.63, 3.8) is 0 Å². The maximum Gasteiger partial charge on any atom is 0.296 e. The third-order valence-corrected chi connectivity index (χ3v) is 2.45. The fourth-order valence-electron chi connectivity index (χ4n) is 1.14. The molecule has 3 heteroatoms. The SMILES string of the molecule is CC(C)C(N)CNC(=O)C#Cc1ccccc1. The number of carbonyl (C=O) groups excluding carboxylic acids is 1. The summed E-state index contributed by atoms with van der Waals surface area (Å²) in [5, 5.41) is 2.70. The molecular weight excluding hydrogens is 212 g/mol. The molecule has 1 atom stereocenters. The van der Waals surface area contributed by atoms with Crippen molar-refractivity contribution < 1.29 is 4.79 Å². The van der Waals surface area contributed by atoms with Gasteiger partial charge in [-0.3, -0.25) is 4.79 Å². The topological polar surface area (TPSA) is 55.1 Å². The third kappa shape index (κ3) is 5.19. The fourth-order valence-corrected chi connectivity index (χ4v) is 1.14. The van der Waals surface area contributed by atoms with E-state index >= 15 is 0 Å². The van der Waals surface area contributed by atoms with Gasteiger partial charge in [0.2, 0.25) is 0 Å². The standard InChI is InChI=1S/C14H18N2O/c1-11(2)13(15)10-16-14(17)9-8-12-6-4-3-5-7-12/h3-7,11,13H,10,15H2,1-2H3,(H,16,17). The number of hydrogen-bond acceptors (Lipinski definition) is 2. The molecular formula is C14H18N2O. The van der Waals surface area contributed by atoms with Crippen LogP contribution in [0.4, 0.5) is 0 Å². The second-order valence-corrected chi connectivity index (χ2v) is 4.23. The molecule has 90 valence electrons. The first-order valence-corrected chi connectivity index (χ1v) is 5.70. The number of benzene rings is 1. The van der Waals surface area contributed by atoms with Gasteiger partial charge in [-0.2, -0.15) is 0 Å². The van der Waals surface area contributed by atoms with Crippen molar-refractivity contribution in [3.8, 4) is 11.8 Å². The van der Waals surface area contributed by atoms with E-state index in [9.17, 15) is 4.79 Å². The summed E-state index contributed by atoms with van der Waals surface area (Å²) in [7, 11) is 0. The summed E-state index contributed by atoms with van der Waals surface area (Å²) >= 11 is 0. The quantitative estimate of drug-likeness (QED) is 0.765. The lowest BCUT2D eigenvalue weighted by atomic mass is 10.1. The molecule has 1 aromatic rings. The monoisotopic (exact) mass is 230 g/mol. The second kappa shape index (κ2) is 6.72. The summed E-state index contributed by atoms with van der Waals surface area (Å²) in [6, 6.07) is 9.37. The minimum Gasteiger partial charge on any atom is -0.344 e. The van der Waals surface area contributed by atoms with E-state index in [-0.39, 0.29) is 11.9 Å². The first-order chi connectivity index (χ1) is 8.09. The van der Waals surface area contributed by atoms with Gasteiger partial charge in [-0.05, 0) is 18.1 Å². The molecule has 1 unspecified atom stereocenters. The van der Waals surface area contributed by atoms with Crippen LogP contribution in [0.25, 0.3) is 0 Å². The molecule has 0 saturated heterocycles. The lowest BCUT2D eigenvalue weighted by molar-refractivity contribution is -0.115. The van der Waals surface area contributed by atoms with Crippen molar-refractivity contribution in [1.82, 2.24) is 5.32 Å². The van der Waals surface area contributed by atoms with Gasteiger partial charge in [0, 0.05) is 24.1 Å². The van der Waals surface area contributed by atoms with Crippen molar-refractivity contribution in [2.24, 2.45) is 11.7 Å². The van der Waals surface area contributed by atoms with Crippen molar-refractivity contribution in [2.45, 2.75) is 19.9 Å². The summed E-state index contributed by atoms with van der Waals surface area (Å²) in [6.07, 6.45) is 0. The Hall–Kier alpha value is -1.79. The molecule has 3 N–H and O–H groups in total. The highest BCUT2D eigenvalue weighted by atomic mass is 16.1. The maximum atomic E-state index is 11.4. The van der Waals surface area contributed by atoms with E-state index in [1.165, 1.54) is 0 Å². The van der Waals surface area contributed by atoms with Gasteiger partial charge in [-0.15, -0.1) is 0 Å². The number of nitrogens with two attached hydrogens (primary N) is 1. The lowest BCUT2D eigenvalue weighted by Gasteiger charge is -2.14. The minimum atomic E-state index is -0.287. The van der Waals surface area contributed by atoms with Gasteiger partial charge in [0.15, 0.2) is 0 Å². The van der Waals surface area contributed by atoms with Crippen molar-refractivity contribution in [1.29, 1.82) is 0 Å². The fraction of sp³-hybridized carbons (Fsp3) is 0.357. The molecule has 0 heterocycles. The van der Waals surface area contributed by atoms with Crippen molar-refractivity contribution >= 4 is 5.91 Å². The Kier molecular flexibility index (Phi) is 5.25. The van der Waals surface area contributed by atoms with Crippen LogP contribution in [0.15, 0.2) is 30.3 Å². The summed E-state index contributed by atoms with van der Waals surface area (Å²) < 4.78 is 0. The zero-order chi connectivity index (χ0) is 12.7. The normalized spacial score (nSPS) is 11.5. The average molecular weight is 230 g/mol. The molecule has 0 aromatic heterocycles. The zero-order valence-corrected chi connectivity index (χ0v) is 10.2. The van der Waals surface area contributed by atoms with Crippen LogP contribution >= 0.6 is 0 Å². The van der Waals surface area contributed by atoms with Crippen LogP contribution in [0, 0.1) is 17.8 Å². The first kappa shape index (κ1) is 13.3. The number of amides is 1. The van der Waals surface area contributed by atoms with E-state index in [2.05, 4.69) is 17.2 Å². The molecule has 1 rings (SSSR count). The van der Waals surface area contributed by atoms with E-state index < -0.39 is 0 Å². The number of nitrogens with one attached hydrogen (secondary N) is 1. The summed E-state index contributed by atoms with van der Waals surface area (Å²) in [4.78, 5) is 11.4. The Morgan fingerprint density at radius 2 is 2.00 bits per heavy atom. The van der Waals surface area contributed by atoms with Gasteiger partial charge in [0.25, 0.3) is 5.91 Å². The molecule has 0 radical (unpaired) electrons. The highest BCUT2D eigenvalue weighted by Gasteiger charge is 2.07. The van der Waals surface area contributed by atoms with Crippen LogP contribution in [-0.2, 0) is 4.79 Å². The molecule has 0 fully saturated rings. The van der Waals surface area contributed by atoms with E-state index in [1.807, 2.05) is 44.2 Å². The highest BCUT2D eigenvalue weighted by molar-refractivity contribution is 5.94. The predicted octanol–water partition coefficient (Wildman–Crippen LogP) is 1.14. The molecule has 0 saturated carbocycles. The Morgan fingerprint density at radius 1 is 1.35 bits per heavy atom. The lowest BCUT2D eigenvalue weighted by Crippen LogP contribution is -2.39. The minimum absolute atomic E-state index is 0.0301. The van der Waals surface area contributed by atoms with Gasteiger partial charge in [0.1, 0.15) is 0 Å². The molecule has 0 aliphatic rings. The van der Waals surface area contributed by atoms with Crippen LogP contribution < -0.4 is 11.1 Å². The number of carbonyl (C=O) groups is 1. The smallest absolute Gasteiger partial charge is 0.296 e. The Morgan fingerprint density at radius 3 is 2.59 bits per heavy atom. The zero-order valence-electron chi connectivity index (χ0n) is 10.2. The molecule has 0 aliphatic carbocycles. The van der Waals surface area contributed by atoms with Crippen molar-refractivity contribution in [3.05, 3.63) is 35.9 Å². The third-order valence-electron chi connectivity index (χ3n) is 2.45. The van der Waals surface area contributed by atoms with Crippen LogP contribution in [0.5, 0.6) is 0 Å². The van der Waals surface area contributed by atoms with Crippen LogP contribution in [0.1, 0.15) is 19.4 Å². The van der Waals surface area contributed by atoms with E-state index in [1.54, 1.807) is 0 Å².